The van der Waals surface area contributed by atoms with Gasteiger partial charge in [0.05, 0.1) is 66.3 Å². The minimum Gasteiger partial charge on any atom is -0.480 e. The number of carbonyl (C=O) groups is 6. The first-order valence-electron chi connectivity index (χ1n) is 45.2. The average Bonchev–Trinajstić information content (AvgIpc) is 1.50. The Kier molecular flexibility index (Phi) is 38.4. The molecule has 33 heteroatoms. The Morgan fingerprint density at radius 2 is 0.667 bits per heavy atom. The van der Waals surface area contributed by atoms with Crippen LogP contribution in [0.1, 0.15) is 308 Å². The number of hydrogen-bond acceptors (Lipinski definition) is 21. The number of carboxylic acids is 2. The third-order valence-electron chi connectivity index (χ3n) is 27.7. The number of ether oxygens (including phenoxy) is 2. The van der Waals surface area contributed by atoms with Crippen LogP contribution >= 0.6 is 24.8 Å². The van der Waals surface area contributed by atoms with Crippen molar-refractivity contribution in [2.75, 3.05) is 14.2 Å². The second-order valence-corrected chi connectivity index (χ2v) is 35.4. The number of nitrogens with one attached hydrogen (secondary N) is 5. The maximum atomic E-state index is 14.1. The Morgan fingerprint density at radius 3 is 0.961 bits per heavy atom. The third kappa shape index (κ3) is 24.0. The molecule has 0 spiro atoms. The number of methoxy groups -OCH3 is 2. The van der Waals surface area contributed by atoms with Crippen molar-refractivity contribution in [2.24, 2.45) is 5.73 Å². The molecule has 6 aromatic heterocycles. The van der Waals surface area contributed by atoms with E-state index in [2.05, 4.69) is 74.9 Å². The normalized spacial score (nSPS) is 23.2. The van der Waals surface area contributed by atoms with Crippen LogP contribution in [0.4, 0.5) is 0 Å². The number of carboxylic acid groups (broad SMARTS) is 2. The lowest BCUT2D eigenvalue weighted by molar-refractivity contribution is -0.143. The number of rotatable bonds is 20. The highest BCUT2D eigenvalue weighted by atomic mass is 35.5. The molecule has 31 nitrogen and oxygen atoms in total. The molecule has 9 aromatic rings. The van der Waals surface area contributed by atoms with E-state index < -0.39 is 70.5 Å². The minimum absolute atomic E-state index is 0. The van der Waals surface area contributed by atoms with E-state index in [1.54, 1.807) is 40.0 Å². The van der Waals surface area contributed by atoms with Gasteiger partial charge >= 0.3 is 23.9 Å². The lowest BCUT2D eigenvalue weighted by Crippen LogP contribution is -2.51. The van der Waals surface area contributed by atoms with Gasteiger partial charge in [-0.3, -0.25) is 43.5 Å². The summed E-state index contributed by atoms with van der Waals surface area (Å²) in [5.41, 5.74) is 9.40. The molecular formula is C96H138Cl2N18O13. The summed E-state index contributed by atoms with van der Waals surface area (Å²) in [6, 6.07) is 24.4. The zero-order valence-electron chi connectivity index (χ0n) is 71.7. The van der Waals surface area contributed by atoms with Crippen LogP contribution < -0.4 is 33.0 Å². The molecule has 704 valence electrons. The number of aromatic amines is 3. The highest BCUT2D eigenvalue weighted by molar-refractivity contribution is 5.97. The number of aromatic nitrogens is 12. The van der Waals surface area contributed by atoms with E-state index in [-0.39, 0.29) is 103 Å². The Bertz CT molecular complexity index is 5260. The van der Waals surface area contributed by atoms with Crippen LogP contribution in [0.3, 0.4) is 0 Å². The molecule has 6 unspecified atom stereocenters. The van der Waals surface area contributed by atoms with Gasteiger partial charge in [-0.25, -0.2) is 44.3 Å². The molecule has 6 aliphatic heterocycles. The second-order valence-electron chi connectivity index (χ2n) is 35.4. The van der Waals surface area contributed by atoms with Gasteiger partial charge in [0.2, 0.25) is 5.69 Å². The Labute approximate surface area is 768 Å². The summed E-state index contributed by atoms with van der Waals surface area (Å²) < 4.78 is 14.7. The number of esters is 2. The summed E-state index contributed by atoms with van der Waals surface area (Å²) in [7, 11) is 2.59. The van der Waals surface area contributed by atoms with Crippen molar-refractivity contribution in [3.63, 3.8) is 0 Å². The molecule has 12 atom stereocenters. The number of nitrogens with two attached hydrogens (primary N) is 1. The number of H-pyrrole nitrogens is 3. The van der Waals surface area contributed by atoms with Gasteiger partial charge in [0.15, 0.2) is 11.4 Å². The van der Waals surface area contributed by atoms with Gasteiger partial charge in [-0.1, -0.05) is 162 Å². The van der Waals surface area contributed by atoms with Crippen molar-refractivity contribution in [3.05, 3.63) is 176 Å². The number of imidazole rings is 3. The van der Waals surface area contributed by atoms with E-state index in [1.807, 2.05) is 65.2 Å². The van der Waals surface area contributed by atoms with E-state index in [0.29, 0.717) is 88.7 Å². The fourth-order valence-corrected chi connectivity index (χ4v) is 22.2. The number of fused-ring (bicyclic) bond motifs is 9. The monoisotopic (exact) mass is 1820 g/mol. The molecule has 9 N–H and O–H groups in total. The Hall–Kier alpha value is -10.1. The zero-order chi connectivity index (χ0) is 85.6. The molecule has 2 amide bonds. The summed E-state index contributed by atoms with van der Waals surface area (Å²) in [5.74, 6) is -4.90. The molecule has 3 aromatic carbocycles. The largest absolute Gasteiger partial charge is 0.480 e. The topological polar surface area (TPSA) is 412 Å². The number of piperidine rings is 3. The quantitative estimate of drug-likeness (QED) is 0.0329. The molecule has 129 heavy (non-hydrogen) atoms. The summed E-state index contributed by atoms with van der Waals surface area (Å²) in [4.78, 5) is 157. The van der Waals surface area contributed by atoms with Crippen LogP contribution in [0, 0.1) is 0 Å². The molecule has 12 heterocycles. The van der Waals surface area contributed by atoms with Crippen LogP contribution in [-0.2, 0) is 43.1 Å². The molecular weight excluding hydrogens is 1680 g/mol. The molecule has 9 aliphatic rings. The number of aliphatic carboxylic acids is 1. The molecule has 6 bridgehead atoms. The van der Waals surface area contributed by atoms with E-state index in [1.165, 1.54) is 181 Å². The molecule has 3 aliphatic carbocycles. The summed E-state index contributed by atoms with van der Waals surface area (Å²) >= 11 is 0. The van der Waals surface area contributed by atoms with Crippen molar-refractivity contribution in [2.45, 2.75) is 351 Å². The predicted octanol–water partition coefficient (Wildman–Crippen LogP) is 15.0. The third-order valence-corrected chi connectivity index (χ3v) is 27.7. The van der Waals surface area contributed by atoms with Crippen molar-refractivity contribution in [3.8, 4) is 0 Å². The number of para-hydroxylation sites is 6. The van der Waals surface area contributed by atoms with Crippen LogP contribution in [0.5, 0.6) is 0 Å². The van der Waals surface area contributed by atoms with Gasteiger partial charge in [-0.05, 0) is 152 Å². The number of amides is 2. The van der Waals surface area contributed by atoms with Crippen molar-refractivity contribution < 1.29 is 48.5 Å². The van der Waals surface area contributed by atoms with Crippen LogP contribution in [0.15, 0.2) is 125 Å². The maximum Gasteiger partial charge on any atom is 0.360 e. The predicted molar refractivity (Wildman–Crippen MR) is 504 cm³/mol. The van der Waals surface area contributed by atoms with E-state index in [4.69, 9.17) is 10.5 Å². The molecule has 18 rings (SSSR count). The van der Waals surface area contributed by atoms with Gasteiger partial charge in [-0.15, -0.1) is 24.8 Å². The van der Waals surface area contributed by atoms with Crippen LogP contribution in [0.2, 0.25) is 0 Å². The minimum atomic E-state index is -1.24. The number of nitrogens with zero attached hydrogens (tertiary/aromatic N) is 12. The summed E-state index contributed by atoms with van der Waals surface area (Å²) in [6.07, 6.45) is 50.0. The average molecular weight is 1820 g/mol. The number of hydrogen-bond donors (Lipinski definition) is 8. The van der Waals surface area contributed by atoms with Gasteiger partial charge in [-0.2, -0.15) is 0 Å². The highest BCUT2D eigenvalue weighted by Gasteiger charge is 2.49. The van der Waals surface area contributed by atoms with Gasteiger partial charge in [0.25, 0.3) is 28.5 Å². The zero-order valence-corrected chi connectivity index (χ0v) is 73.3. The SMILES string of the molecule is C.C.C.C.COC(=O)C(Cc1cnc[nH]1)NC(=O)c1nc2ccccc2n(C2C[C@H]3CC[C@@H](C2)N3C2CCCCCCC2)c1=O.COC(=O)C(N)Cc1cnc[nH]1.Cl.Cl.O=C(NC(Cc1cnc[nH]1)C(=O)O)c1nc2ccccc2n(C2C[C@H]3CC[C@@H](C2)N3C2CCCCCCC2)c1=O.O=C(O)c1nc2ccccc2n(C2C[C@H]3CC[C@@H](C2)N3C2CCCCCCC2)c1=O. The van der Waals surface area contributed by atoms with E-state index >= 15 is 0 Å². The van der Waals surface area contributed by atoms with Crippen molar-refractivity contribution in [1.29, 1.82) is 0 Å². The fourth-order valence-electron chi connectivity index (χ4n) is 22.2. The van der Waals surface area contributed by atoms with E-state index in [0.717, 1.165) is 86.5 Å². The molecule has 3 saturated carbocycles. The van der Waals surface area contributed by atoms with E-state index in [9.17, 15) is 53.4 Å². The van der Waals surface area contributed by atoms with Gasteiger partial charge in [0.1, 0.15) is 18.1 Å². The van der Waals surface area contributed by atoms with Gasteiger partial charge < -0.3 is 64.7 Å². The lowest BCUT2D eigenvalue weighted by Gasteiger charge is -2.45. The number of aromatic carboxylic acids is 1. The Morgan fingerprint density at radius 1 is 0.388 bits per heavy atom. The summed E-state index contributed by atoms with van der Waals surface area (Å²) in [5, 5.41) is 24.5. The van der Waals surface area contributed by atoms with Crippen LogP contribution in [0.25, 0.3) is 33.1 Å². The molecule has 6 saturated heterocycles. The van der Waals surface area contributed by atoms with Crippen molar-refractivity contribution in [1.82, 2.24) is 83.9 Å². The fraction of sp³-hybridized carbons (Fsp3) is 0.594. The molecule has 0 radical (unpaired) electrons. The second kappa shape index (κ2) is 48.2. The highest BCUT2D eigenvalue weighted by Crippen LogP contribution is 2.48. The first kappa shape index (κ1) is 103. The molecule has 9 fully saturated rings. The first-order chi connectivity index (χ1) is 59.9. The number of carbonyl (C=O) groups excluding carboxylic acids is 4. The maximum absolute atomic E-state index is 14.1. The Balaban J connectivity index is 0.000000202. The standard InChI is InChI=1S/C31H40N6O4.C30H38N6O4.C24H31N3O3.C7H11N3O2.4CH4.2ClH/c1-41-31(40)26(15-20-18-32-19-33-20)35-29(38)28-30(39)37(27-12-8-7-11-25(27)34-28)24-16-22-13-14-23(17-24)36(22)21-9-5-3-2-4-6-10-21;37-28(34-25(30(39)40)14-19-17-31-18-32-19)27-29(38)36(26-11-7-6-10-24(26)33-27)23-15-21-12-13-22(16-23)35(21)20-8-4-2-1-3-5-9-20;28-23-22(24(29)30)25-20-10-6-7-11-21(20)27(23)19-14-17-12-13-18(15-19)26(17)16-8-4-2-1-3-5-9-16;1-12-7(11)6(8)2-5-3-9-4-10-5;;;;;;/h7-8,11-12,18-19,21-24,26H,2-6,9-10,13-17H2,1H3,(H,32,33)(H,35,38);6-7,10-11,17-18,20-23,25H,1-5,8-9,12-16H2,(H,31,32)(H,34,37)(H,39,40);6-7,10-11,16-19H,1-5,8-9,12-15H2,(H,29,30);3-4,6H,2,8H2,1H3,(H,9,10);4*1H4;2*1H/t22-,23+,24?,26?;21-,22+,23?,25?;17-,18+,19?;;;;;;;. The first-order valence-corrected chi connectivity index (χ1v) is 45.2. The number of halogens is 2. The number of benzene rings is 3. The van der Waals surface area contributed by atoms with Crippen molar-refractivity contribution >= 4 is 93.6 Å². The summed E-state index contributed by atoms with van der Waals surface area (Å²) in [6.45, 7) is 0. The smallest absolute Gasteiger partial charge is 0.360 e. The van der Waals surface area contributed by atoms with Gasteiger partial charge in [0, 0.05) is 127 Å². The van der Waals surface area contributed by atoms with Crippen LogP contribution in [-0.4, -0.2) is 206 Å². The lowest BCUT2D eigenvalue weighted by atomic mass is 9.89.